The molecule has 1 aromatic carbocycles. The molecule has 18 heavy (non-hydrogen) atoms. The summed E-state index contributed by atoms with van der Waals surface area (Å²) in [5.74, 6) is 0. The van der Waals surface area contributed by atoms with E-state index >= 15 is 0 Å². The van der Waals surface area contributed by atoms with Gasteiger partial charge in [0.2, 0.25) is 0 Å². The Labute approximate surface area is 108 Å². The average molecular weight is 241 g/mol. The number of likely N-dealkylation sites (N-methyl/N-ethyl adjacent to an activating group) is 1. The molecule has 0 spiro atoms. The van der Waals surface area contributed by atoms with Gasteiger partial charge in [0.25, 0.3) is 0 Å². The first-order chi connectivity index (χ1) is 8.66. The van der Waals surface area contributed by atoms with E-state index in [9.17, 15) is 0 Å². The zero-order chi connectivity index (χ0) is 12.7. The lowest BCUT2D eigenvalue weighted by Crippen LogP contribution is -2.30. The van der Waals surface area contributed by atoms with E-state index in [1.54, 1.807) is 0 Å². The van der Waals surface area contributed by atoms with Crippen LogP contribution in [0.25, 0.3) is 11.1 Å². The fraction of sp³-hybridized carbons (Fsp3) is 0.400. The molecule has 1 aliphatic heterocycles. The van der Waals surface area contributed by atoms with Gasteiger partial charge < -0.3 is 0 Å². The van der Waals surface area contributed by atoms with Crippen LogP contribution >= 0.6 is 0 Å². The molecule has 2 aromatic rings. The minimum atomic E-state index is 0.505. The number of rotatable bonds is 1. The third-order valence-corrected chi connectivity index (χ3v) is 4.05. The Morgan fingerprint density at radius 2 is 2.11 bits per heavy atom. The van der Waals surface area contributed by atoms with Gasteiger partial charge in [0.1, 0.15) is 0 Å². The second kappa shape index (κ2) is 4.25. The number of hydrogen-bond donors (Lipinski definition) is 0. The van der Waals surface area contributed by atoms with Gasteiger partial charge in [-0.1, -0.05) is 18.2 Å². The van der Waals surface area contributed by atoms with E-state index in [1.807, 2.05) is 17.9 Å². The van der Waals surface area contributed by atoms with Crippen molar-refractivity contribution in [3.05, 3.63) is 41.7 Å². The smallest absolute Gasteiger partial charge is 0.0568 e. The van der Waals surface area contributed by atoms with E-state index in [2.05, 4.69) is 48.4 Å². The second-order valence-electron chi connectivity index (χ2n) is 5.18. The third kappa shape index (κ3) is 1.75. The molecule has 1 aliphatic rings. The van der Waals surface area contributed by atoms with E-state index in [1.165, 1.54) is 22.3 Å². The van der Waals surface area contributed by atoms with Crippen molar-refractivity contribution in [2.45, 2.75) is 19.4 Å². The van der Waals surface area contributed by atoms with Gasteiger partial charge in [-0.2, -0.15) is 5.10 Å². The van der Waals surface area contributed by atoms with Crippen molar-refractivity contribution in [1.82, 2.24) is 14.7 Å². The predicted molar refractivity (Wildman–Crippen MR) is 73.4 cm³/mol. The van der Waals surface area contributed by atoms with Crippen molar-refractivity contribution in [2.75, 3.05) is 13.6 Å². The van der Waals surface area contributed by atoms with Crippen molar-refractivity contribution in [3.63, 3.8) is 0 Å². The summed E-state index contributed by atoms with van der Waals surface area (Å²) in [6.07, 6.45) is 5.18. The van der Waals surface area contributed by atoms with E-state index in [0.717, 1.165) is 13.0 Å². The fourth-order valence-electron chi connectivity index (χ4n) is 2.83. The standard InChI is InChI=1S/C15H19N3/c1-11-13-5-4-6-14(12-9-16-18(3)10-12)15(13)7-8-17(11)2/h4-6,9-11H,7-8H2,1-3H3. The Hall–Kier alpha value is -1.61. The Morgan fingerprint density at radius 1 is 1.28 bits per heavy atom. The lowest BCUT2D eigenvalue weighted by Gasteiger charge is -2.33. The fourth-order valence-corrected chi connectivity index (χ4v) is 2.83. The maximum atomic E-state index is 4.28. The number of fused-ring (bicyclic) bond motifs is 1. The van der Waals surface area contributed by atoms with Gasteiger partial charge in [0, 0.05) is 31.4 Å². The maximum Gasteiger partial charge on any atom is 0.0568 e. The molecular formula is C15H19N3. The quantitative estimate of drug-likeness (QED) is 0.765. The summed E-state index contributed by atoms with van der Waals surface area (Å²) in [6.45, 7) is 3.41. The molecule has 0 saturated heterocycles. The van der Waals surface area contributed by atoms with Crippen LogP contribution in [0, 0.1) is 0 Å². The number of aromatic nitrogens is 2. The number of aryl methyl sites for hydroxylation is 1. The summed E-state index contributed by atoms with van der Waals surface area (Å²) in [5.41, 5.74) is 5.54. The third-order valence-electron chi connectivity index (χ3n) is 4.05. The highest BCUT2D eigenvalue weighted by molar-refractivity contribution is 5.68. The van der Waals surface area contributed by atoms with Gasteiger partial charge in [-0.25, -0.2) is 0 Å². The highest BCUT2D eigenvalue weighted by Gasteiger charge is 2.23. The van der Waals surface area contributed by atoms with E-state index in [-0.39, 0.29) is 0 Å². The summed E-state index contributed by atoms with van der Waals surface area (Å²) in [7, 11) is 4.17. The first-order valence-electron chi connectivity index (χ1n) is 6.48. The predicted octanol–water partition coefficient (Wildman–Crippen LogP) is 2.64. The lowest BCUT2D eigenvalue weighted by atomic mass is 9.88. The minimum absolute atomic E-state index is 0.505. The van der Waals surface area contributed by atoms with Gasteiger partial charge in [-0.05, 0) is 37.1 Å². The molecule has 94 valence electrons. The van der Waals surface area contributed by atoms with Gasteiger partial charge in [0.15, 0.2) is 0 Å². The number of nitrogens with zero attached hydrogens (tertiary/aromatic N) is 3. The normalized spacial score (nSPS) is 19.8. The highest BCUT2D eigenvalue weighted by atomic mass is 15.2. The van der Waals surface area contributed by atoms with Gasteiger partial charge in [-0.3, -0.25) is 9.58 Å². The minimum Gasteiger partial charge on any atom is -0.299 e. The molecule has 3 heteroatoms. The van der Waals surface area contributed by atoms with Crippen LogP contribution in [0.2, 0.25) is 0 Å². The molecule has 0 radical (unpaired) electrons. The zero-order valence-corrected chi connectivity index (χ0v) is 11.2. The zero-order valence-electron chi connectivity index (χ0n) is 11.2. The monoisotopic (exact) mass is 241 g/mol. The van der Waals surface area contributed by atoms with Gasteiger partial charge in [0.05, 0.1) is 6.20 Å². The lowest BCUT2D eigenvalue weighted by molar-refractivity contribution is 0.248. The van der Waals surface area contributed by atoms with Crippen molar-refractivity contribution < 1.29 is 0 Å². The van der Waals surface area contributed by atoms with Crippen LogP contribution in [0.4, 0.5) is 0 Å². The van der Waals surface area contributed by atoms with Crippen molar-refractivity contribution in [3.8, 4) is 11.1 Å². The topological polar surface area (TPSA) is 21.1 Å². The van der Waals surface area contributed by atoms with E-state index in [0.29, 0.717) is 6.04 Å². The van der Waals surface area contributed by atoms with Crippen molar-refractivity contribution >= 4 is 0 Å². The summed E-state index contributed by atoms with van der Waals surface area (Å²) in [5, 5.41) is 4.28. The van der Waals surface area contributed by atoms with Crippen LogP contribution in [0.15, 0.2) is 30.6 Å². The number of benzene rings is 1. The number of hydrogen-bond acceptors (Lipinski definition) is 2. The molecular weight excluding hydrogens is 222 g/mol. The summed E-state index contributed by atoms with van der Waals surface area (Å²) >= 11 is 0. The highest BCUT2D eigenvalue weighted by Crippen LogP contribution is 2.34. The largest absolute Gasteiger partial charge is 0.299 e. The molecule has 1 atom stereocenters. The summed E-state index contributed by atoms with van der Waals surface area (Å²) in [6, 6.07) is 7.14. The average Bonchev–Trinajstić information content (AvgIpc) is 2.80. The van der Waals surface area contributed by atoms with Crippen molar-refractivity contribution in [1.29, 1.82) is 0 Å². The molecule has 0 amide bonds. The van der Waals surface area contributed by atoms with E-state index < -0.39 is 0 Å². The van der Waals surface area contributed by atoms with Crippen LogP contribution in [-0.2, 0) is 13.5 Å². The van der Waals surface area contributed by atoms with Crippen LogP contribution < -0.4 is 0 Å². The molecule has 0 aliphatic carbocycles. The molecule has 0 fully saturated rings. The van der Waals surface area contributed by atoms with Crippen LogP contribution in [0.1, 0.15) is 24.1 Å². The molecule has 0 bridgehead atoms. The van der Waals surface area contributed by atoms with Crippen LogP contribution in [0.3, 0.4) is 0 Å². The summed E-state index contributed by atoms with van der Waals surface area (Å²) in [4.78, 5) is 2.41. The molecule has 0 N–H and O–H groups in total. The van der Waals surface area contributed by atoms with E-state index in [4.69, 9.17) is 0 Å². The van der Waals surface area contributed by atoms with Crippen LogP contribution in [-0.4, -0.2) is 28.3 Å². The Balaban J connectivity index is 2.13. The van der Waals surface area contributed by atoms with Crippen molar-refractivity contribution in [2.24, 2.45) is 7.05 Å². The Kier molecular flexibility index (Phi) is 2.71. The first kappa shape index (κ1) is 11.5. The molecule has 3 rings (SSSR count). The molecule has 1 aromatic heterocycles. The van der Waals surface area contributed by atoms with Gasteiger partial charge >= 0.3 is 0 Å². The van der Waals surface area contributed by atoms with Gasteiger partial charge in [-0.15, -0.1) is 0 Å². The first-order valence-corrected chi connectivity index (χ1v) is 6.48. The Bertz CT molecular complexity index is 571. The molecule has 3 nitrogen and oxygen atoms in total. The van der Waals surface area contributed by atoms with Crippen LogP contribution in [0.5, 0.6) is 0 Å². The second-order valence-corrected chi connectivity index (χ2v) is 5.18. The SMILES string of the molecule is CC1c2cccc(-c3cnn(C)c3)c2CCN1C. The molecule has 2 heterocycles. The molecule has 1 unspecified atom stereocenters. The molecule has 0 saturated carbocycles. The Morgan fingerprint density at radius 3 is 2.83 bits per heavy atom. The summed E-state index contributed by atoms with van der Waals surface area (Å²) < 4.78 is 1.87. The maximum absolute atomic E-state index is 4.28.